The first-order valence-corrected chi connectivity index (χ1v) is 9.11. The molecule has 140 valence electrons. The van der Waals surface area contributed by atoms with Crippen LogP contribution in [0.2, 0.25) is 0 Å². The zero-order chi connectivity index (χ0) is 18.2. The predicted molar refractivity (Wildman–Crippen MR) is 89.8 cm³/mol. The van der Waals surface area contributed by atoms with Gasteiger partial charge in [0.05, 0.1) is 5.56 Å². The van der Waals surface area contributed by atoms with Crippen molar-refractivity contribution in [3.05, 3.63) is 35.1 Å². The summed E-state index contributed by atoms with van der Waals surface area (Å²) in [4.78, 5) is 14.4. The largest absolute Gasteiger partial charge is 0.396 e. The van der Waals surface area contributed by atoms with E-state index in [1.54, 1.807) is 4.90 Å². The molecule has 0 aliphatic heterocycles. The summed E-state index contributed by atoms with van der Waals surface area (Å²) in [5, 5.41) is 8.82. The zero-order valence-corrected chi connectivity index (χ0v) is 14.4. The molecule has 0 bridgehead atoms. The molecule has 3 nitrogen and oxygen atoms in total. The van der Waals surface area contributed by atoms with Gasteiger partial charge in [-0.05, 0) is 31.7 Å². The van der Waals surface area contributed by atoms with Crippen LogP contribution in [0.5, 0.6) is 0 Å². The van der Waals surface area contributed by atoms with E-state index in [0.717, 1.165) is 57.8 Å². The zero-order valence-electron chi connectivity index (χ0n) is 14.4. The molecule has 2 rings (SSSR count). The van der Waals surface area contributed by atoms with Crippen molar-refractivity contribution in [1.29, 1.82) is 0 Å². The Morgan fingerprint density at radius 3 is 2.28 bits per heavy atom. The molecule has 1 amide bonds. The first-order chi connectivity index (χ1) is 12.0. The highest BCUT2D eigenvalue weighted by molar-refractivity contribution is 5.94. The van der Waals surface area contributed by atoms with Crippen LogP contribution in [-0.4, -0.2) is 35.1 Å². The van der Waals surface area contributed by atoms with Crippen molar-refractivity contribution in [3.63, 3.8) is 0 Å². The fourth-order valence-electron chi connectivity index (χ4n) is 3.43. The number of amides is 1. The molecule has 1 aliphatic rings. The van der Waals surface area contributed by atoms with Gasteiger partial charge in [-0.25, -0.2) is 13.2 Å². The quantitative estimate of drug-likeness (QED) is 0.552. The number of halogens is 3. The predicted octanol–water partition coefficient (Wildman–Crippen LogP) is 4.43. The molecule has 1 aliphatic carbocycles. The fraction of sp³-hybridized carbons (Fsp3) is 0.632. The van der Waals surface area contributed by atoms with Gasteiger partial charge in [0, 0.05) is 25.3 Å². The van der Waals surface area contributed by atoms with Crippen LogP contribution in [0.1, 0.15) is 68.1 Å². The van der Waals surface area contributed by atoms with Gasteiger partial charge in [0.15, 0.2) is 11.6 Å². The van der Waals surface area contributed by atoms with Crippen LogP contribution < -0.4 is 0 Å². The number of hydrogen-bond donors (Lipinski definition) is 1. The van der Waals surface area contributed by atoms with Gasteiger partial charge in [-0.1, -0.05) is 32.1 Å². The topological polar surface area (TPSA) is 40.5 Å². The standard InChI is InChI=1S/C19H26F3NO2/c20-16-13-18(22)17(21)12-15(16)19(25)23(10-6-1-2-7-11-24)14-8-4-3-5-9-14/h12-14,24H,1-11H2. The normalized spacial score (nSPS) is 15.4. The third kappa shape index (κ3) is 5.46. The highest BCUT2D eigenvalue weighted by Crippen LogP contribution is 2.26. The second-order valence-electron chi connectivity index (χ2n) is 6.67. The minimum absolute atomic E-state index is 0.0200. The van der Waals surface area contributed by atoms with Gasteiger partial charge in [-0.3, -0.25) is 4.79 Å². The van der Waals surface area contributed by atoms with E-state index in [0.29, 0.717) is 18.7 Å². The lowest BCUT2D eigenvalue weighted by molar-refractivity contribution is 0.0623. The molecular formula is C19H26F3NO2. The summed E-state index contributed by atoms with van der Waals surface area (Å²) in [6.07, 6.45) is 8.04. The molecule has 0 aromatic heterocycles. The molecule has 0 saturated heterocycles. The van der Waals surface area contributed by atoms with Crippen molar-refractivity contribution >= 4 is 5.91 Å². The van der Waals surface area contributed by atoms with Crippen molar-refractivity contribution in [3.8, 4) is 0 Å². The molecule has 1 aromatic rings. The fourth-order valence-corrected chi connectivity index (χ4v) is 3.43. The van der Waals surface area contributed by atoms with Crippen molar-refractivity contribution in [2.45, 2.75) is 63.8 Å². The number of rotatable bonds is 8. The lowest BCUT2D eigenvalue weighted by Crippen LogP contribution is -2.42. The first kappa shape index (κ1) is 19.8. The molecule has 6 heteroatoms. The summed E-state index contributed by atoms with van der Waals surface area (Å²) in [7, 11) is 0. The van der Waals surface area contributed by atoms with Crippen LogP contribution >= 0.6 is 0 Å². The minimum atomic E-state index is -1.29. The second kappa shape index (κ2) is 9.80. The molecule has 1 N–H and O–H groups in total. The third-order valence-electron chi connectivity index (χ3n) is 4.82. The minimum Gasteiger partial charge on any atom is -0.396 e. The van der Waals surface area contributed by atoms with Crippen molar-refractivity contribution in [1.82, 2.24) is 4.90 Å². The van der Waals surface area contributed by atoms with Crippen LogP contribution in [-0.2, 0) is 0 Å². The molecule has 0 heterocycles. The average Bonchev–Trinajstić information content (AvgIpc) is 2.61. The maximum Gasteiger partial charge on any atom is 0.257 e. The highest BCUT2D eigenvalue weighted by Gasteiger charge is 2.28. The first-order valence-electron chi connectivity index (χ1n) is 9.11. The van der Waals surface area contributed by atoms with E-state index in [2.05, 4.69) is 0 Å². The van der Waals surface area contributed by atoms with E-state index in [-0.39, 0.29) is 12.6 Å². The average molecular weight is 357 g/mol. The number of aliphatic hydroxyl groups is 1. The van der Waals surface area contributed by atoms with E-state index in [4.69, 9.17) is 5.11 Å². The monoisotopic (exact) mass is 357 g/mol. The summed E-state index contributed by atoms with van der Waals surface area (Å²) in [6, 6.07) is 1.11. The number of carbonyl (C=O) groups is 1. The molecule has 25 heavy (non-hydrogen) atoms. The van der Waals surface area contributed by atoms with Gasteiger partial charge in [-0.15, -0.1) is 0 Å². The Hall–Kier alpha value is -1.56. The Morgan fingerprint density at radius 1 is 0.960 bits per heavy atom. The molecule has 1 saturated carbocycles. The Bertz CT molecular complexity index is 574. The SMILES string of the molecule is O=C(c1cc(F)c(F)cc1F)N(CCCCCCO)C1CCCCC1. The number of nitrogens with zero attached hydrogens (tertiary/aromatic N) is 1. The summed E-state index contributed by atoms with van der Waals surface area (Å²) >= 11 is 0. The van der Waals surface area contributed by atoms with Crippen molar-refractivity contribution < 1.29 is 23.1 Å². The lowest BCUT2D eigenvalue weighted by atomic mass is 9.93. The lowest BCUT2D eigenvalue weighted by Gasteiger charge is -2.34. The number of hydrogen-bond acceptors (Lipinski definition) is 2. The Labute approximate surface area is 146 Å². The van der Waals surface area contributed by atoms with Crippen LogP contribution in [0.4, 0.5) is 13.2 Å². The highest BCUT2D eigenvalue weighted by atomic mass is 19.2. The summed E-state index contributed by atoms with van der Waals surface area (Å²) in [6.45, 7) is 0.610. The van der Waals surface area contributed by atoms with Crippen LogP contribution in [0.15, 0.2) is 12.1 Å². The van der Waals surface area contributed by atoms with Gasteiger partial charge in [-0.2, -0.15) is 0 Å². The summed E-state index contributed by atoms with van der Waals surface area (Å²) < 4.78 is 40.6. The number of unbranched alkanes of at least 4 members (excludes halogenated alkanes) is 3. The molecule has 0 unspecified atom stereocenters. The van der Waals surface area contributed by atoms with Gasteiger partial charge < -0.3 is 10.0 Å². The van der Waals surface area contributed by atoms with Crippen molar-refractivity contribution in [2.75, 3.05) is 13.2 Å². The molecule has 0 radical (unpaired) electrons. The van der Waals surface area contributed by atoms with E-state index in [1.807, 2.05) is 0 Å². The van der Waals surface area contributed by atoms with E-state index < -0.39 is 28.9 Å². The molecule has 1 fully saturated rings. The van der Waals surface area contributed by atoms with Crippen molar-refractivity contribution in [2.24, 2.45) is 0 Å². The summed E-state index contributed by atoms with van der Waals surface area (Å²) in [5.41, 5.74) is -0.403. The molecule has 0 spiro atoms. The number of aliphatic hydroxyl groups excluding tert-OH is 1. The summed E-state index contributed by atoms with van der Waals surface area (Å²) in [5.74, 6) is -4.09. The second-order valence-corrected chi connectivity index (χ2v) is 6.67. The maximum atomic E-state index is 14.0. The molecular weight excluding hydrogens is 331 g/mol. The Kier molecular flexibility index (Phi) is 7.75. The Morgan fingerprint density at radius 2 is 1.60 bits per heavy atom. The molecule has 0 atom stereocenters. The van der Waals surface area contributed by atoms with Gasteiger partial charge in [0.25, 0.3) is 5.91 Å². The van der Waals surface area contributed by atoms with Crippen LogP contribution in [0.3, 0.4) is 0 Å². The number of benzene rings is 1. The van der Waals surface area contributed by atoms with E-state index in [9.17, 15) is 18.0 Å². The van der Waals surface area contributed by atoms with E-state index >= 15 is 0 Å². The third-order valence-corrected chi connectivity index (χ3v) is 4.82. The Balaban J connectivity index is 2.12. The number of carbonyl (C=O) groups excluding carboxylic acids is 1. The van der Waals surface area contributed by atoms with E-state index in [1.165, 1.54) is 0 Å². The van der Waals surface area contributed by atoms with Gasteiger partial charge in [0.2, 0.25) is 0 Å². The van der Waals surface area contributed by atoms with Crippen LogP contribution in [0.25, 0.3) is 0 Å². The maximum absolute atomic E-state index is 14.0. The van der Waals surface area contributed by atoms with Gasteiger partial charge in [0.1, 0.15) is 5.82 Å². The smallest absolute Gasteiger partial charge is 0.257 e. The molecule has 1 aromatic carbocycles. The van der Waals surface area contributed by atoms with Gasteiger partial charge >= 0.3 is 0 Å². The van der Waals surface area contributed by atoms with Crippen LogP contribution in [0, 0.1) is 17.5 Å².